The Morgan fingerprint density at radius 1 is 1.27 bits per heavy atom. The van der Waals surface area contributed by atoms with Crippen molar-refractivity contribution in [1.29, 1.82) is 0 Å². The molecule has 1 aromatic rings. The molecule has 120 valence electrons. The van der Waals surface area contributed by atoms with E-state index in [9.17, 15) is 13.8 Å². The van der Waals surface area contributed by atoms with E-state index in [1.165, 1.54) is 37.5 Å². The topological polar surface area (TPSA) is 84.8 Å². The number of hydrogen-bond donors (Lipinski definition) is 1. The van der Waals surface area contributed by atoms with Crippen molar-refractivity contribution in [2.24, 2.45) is 10.3 Å². The van der Waals surface area contributed by atoms with Crippen LogP contribution in [0.3, 0.4) is 0 Å². The van der Waals surface area contributed by atoms with E-state index < -0.39 is 15.6 Å². The number of carbonyl (C=O) groups is 2. The van der Waals surface area contributed by atoms with Gasteiger partial charge in [0.2, 0.25) is 5.91 Å². The van der Waals surface area contributed by atoms with Gasteiger partial charge in [0, 0.05) is 33.5 Å². The number of nitrogens with zero attached hydrogens (tertiary/aromatic N) is 1. The molecule has 1 aliphatic rings. The molecule has 6 nitrogen and oxygen atoms in total. The molecule has 0 radical (unpaired) electrons. The summed E-state index contributed by atoms with van der Waals surface area (Å²) in [7, 11) is -2.47. The summed E-state index contributed by atoms with van der Waals surface area (Å²) in [6.07, 6.45) is 5.18. The molecule has 7 heteroatoms. The first-order valence-electron chi connectivity index (χ1n) is 7.02. The first-order valence-corrected chi connectivity index (χ1v) is 9.36. The Labute approximate surface area is 130 Å². The van der Waals surface area contributed by atoms with E-state index in [1.54, 1.807) is 12.1 Å². The number of nitrogens with one attached hydrogen (secondary N) is 1. The molecule has 1 saturated carbocycles. The summed E-state index contributed by atoms with van der Waals surface area (Å²) < 4.78 is 20.4. The zero-order valence-electron chi connectivity index (χ0n) is 12.7. The molecule has 2 amide bonds. The molecule has 1 aliphatic carbocycles. The Hall–Kier alpha value is -1.73. The van der Waals surface area contributed by atoms with Crippen LogP contribution in [0.4, 0.5) is 5.69 Å². The quantitative estimate of drug-likeness (QED) is 0.866. The van der Waals surface area contributed by atoms with E-state index in [1.807, 2.05) is 0 Å². The maximum Gasteiger partial charge on any atom is 0.285 e. The van der Waals surface area contributed by atoms with Crippen LogP contribution in [0.5, 0.6) is 0 Å². The highest BCUT2D eigenvalue weighted by Gasteiger charge is 2.21. The van der Waals surface area contributed by atoms with Crippen LogP contribution in [0.2, 0.25) is 0 Å². The Morgan fingerprint density at radius 3 is 2.45 bits per heavy atom. The minimum absolute atomic E-state index is 0.0280. The van der Waals surface area contributed by atoms with E-state index in [0.29, 0.717) is 23.8 Å². The number of benzene rings is 1. The largest absolute Gasteiger partial charge is 0.371 e. The van der Waals surface area contributed by atoms with Crippen molar-refractivity contribution >= 4 is 27.2 Å². The van der Waals surface area contributed by atoms with Crippen molar-refractivity contribution in [1.82, 2.24) is 0 Å². The normalized spacial score (nSPS) is 14.5. The third kappa shape index (κ3) is 5.95. The van der Waals surface area contributed by atoms with Crippen LogP contribution in [0, 0.1) is 5.92 Å². The van der Waals surface area contributed by atoms with Gasteiger partial charge in [-0.1, -0.05) is 0 Å². The van der Waals surface area contributed by atoms with Gasteiger partial charge in [0.1, 0.15) is 6.61 Å². The molecule has 0 heterocycles. The second-order valence-corrected chi connectivity index (χ2v) is 8.21. The van der Waals surface area contributed by atoms with Crippen molar-refractivity contribution in [2.75, 3.05) is 31.0 Å². The summed E-state index contributed by atoms with van der Waals surface area (Å²) in [5, 5.41) is 2.69. The molecule has 0 atom stereocenters. The van der Waals surface area contributed by atoms with Crippen LogP contribution in [0.1, 0.15) is 23.2 Å². The number of amides is 2. The lowest BCUT2D eigenvalue weighted by Gasteiger charge is -2.06. The first kappa shape index (κ1) is 16.6. The summed E-state index contributed by atoms with van der Waals surface area (Å²) in [5.41, 5.74) is 0.907. The van der Waals surface area contributed by atoms with Gasteiger partial charge >= 0.3 is 0 Å². The molecular formula is C15H20N2O4S. The van der Waals surface area contributed by atoms with Crippen molar-refractivity contribution in [2.45, 2.75) is 12.8 Å². The maximum atomic E-state index is 11.8. The summed E-state index contributed by atoms with van der Waals surface area (Å²) in [4.78, 5) is 23.4. The molecule has 22 heavy (non-hydrogen) atoms. The van der Waals surface area contributed by atoms with Gasteiger partial charge in [0.15, 0.2) is 0 Å². The van der Waals surface area contributed by atoms with Crippen LogP contribution < -0.4 is 5.32 Å². The smallest absolute Gasteiger partial charge is 0.285 e. The van der Waals surface area contributed by atoms with E-state index in [2.05, 4.69) is 9.68 Å². The number of hydrogen-bond acceptors (Lipinski definition) is 4. The van der Waals surface area contributed by atoms with Gasteiger partial charge < -0.3 is 10.1 Å². The predicted molar refractivity (Wildman–Crippen MR) is 85.4 cm³/mol. The standard InChI is InChI=1S/C15H20N2O4S/c1-22(2,20)17-15(19)12-5-7-13(8-6-12)16-14(18)10-21-9-11-3-4-11/h5-8,11H,3-4,9-10H2,1-2H3,(H,16,18). The van der Waals surface area contributed by atoms with E-state index in [-0.39, 0.29) is 12.5 Å². The van der Waals surface area contributed by atoms with Gasteiger partial charge in [0.25, 0.3) is 5.91 Å². The molecule has 0 aliphatic heterocycles. The van der Waals surface area contributed by atoms with Crippen LogP contribution in [0.25, 0.3) is 0 Å². The lowest BCUT2D eigenvalue weighted by Crippen LogP contribution is -2.19. The van der Waals surface area contributed by atoms with Crippen molar-refractivity contribution in [3.63, 3.8) is 0 Å². The van der Waals surface area contributed by atoms with Gasteiger partial charge in [-0.15, -0.1) is 0 Å². The summed E-state index contributed by atoms with van der Waals surface area (Å²) in [6.45, 7) is 0.663. The van der Waals surface area contributed by atoms with Gasteiger partial charge in [0.05, 0.1) is 6.61 Å². The number of anilines is 1. The Morgan fingerprint density at radius 2 is 1.91 bits per heavy atom. The average Bonchev–Trinajstić information content (AvgIpc) is 3.21. The second-order valence-electron chi connectivity index (χ2n) is 5.66. The van der Waals surface area contributed by atoms with Crippen molar-refractivity contribution in [3.05, 3.63) is 29.8 Å². The third-order valence-electron chi connectivity index (χ3n) is 3.00. The van der Waals surface area contributed by atoms with Crippen LogP contribution in [-0.2, 0) is 19.3 Å². The molecular weight excluding hydrogens is 304 g/mol. The van der Waals surface area contributed by atoms with Gasteiger partial charge in [-0.2, -0.15) is 4.36 Å². The molecule has 1 N–H and O–H groups in total. The summed E-state index contributed by atoms with van der Waals surface area (Å²) >= 11 is 0. The monoisotopic (exact) mass is 324 g/mol. The van der Waals surface area contributed by atoms with Crippen LogP contribution in [0.15, 0.2) is 28.6 Å². The van der Waals surface area contributed by atoms with Crippen molar-refractivity contribution < 1.29 is 18.5 Å². The highest BCUT2D eigenvalue weighted by Crippen LogP contribution is 2.28. The summed E-state index contributed by atoms with van der Waals surface area (Å²) in [5.74, 6) is -0.135. The van der Waals surface area contributed by atoms with Gasteiger partial charge in [-0.3, -0.25) is 9.59 Å². The first-order chi connectivity index (χ1) is 10.3. The van der Waals surface area contributed by atoms with E-state index in [4.69, 9.17) is 4.74 Å². The summed E-state index contributed by atoms with van der Waals surface area (Å²) in [6, 6.07) is 6.29. The molecule has 0 saturated heterocycles. The number of rotatable bonds is 6. The predicted octanol–water partition coefficient (Wildman–Crippen LogP) is 1.92. The highest BCUT2D eigenvalue weighted by molar-refractivity contribution is 7.92. The Balaban J connectivity index is 1.86. The van der Waals surface area contributed by atoms with Crippen LogP contribution >= 0.6 is 0 Å². The molecule has 0 spiro atoms. The fourth-order valence-corrected chi connectivity index (χ4v) is 2.25. The SMILES string of the molecule is CS(C)(=O)=NC(=O)c1ccc(NC(=O)COCC2CC2)cc1. The average molecular weight is 324 g/mol. The van der Waals surface area contributed by atoms with E-state index >= 15 is 0 Å². The minimum Gasteiger partial charge on any atom is -0.371 e. The Kier molecular flexibility index (Phi) is 5.31. The van der Waals surface area contributed by atoms with E-state index in [0.717, 1.165) is 0 Å². The molecule has 0 aromatic heterocycles. The molecule has 0 bridgehead atoms. The molecule has 0 unspecified atom stereocenters. The van der Waals surface area contributed by atoms with Crippen LogP contribution in [-0.4, -0.2) is 41.7 Å². The second kappa shape index (κ2) is 7.02. The lowest BCUT2D eigenvalue weighted by molar-refractivity contribution is -0.120. The minimum atomic E-state index is -2.47. The zero-order valence-corrected chi connectivity index (χ0v) is 13.5. The highest BCUT2D eigenvalue weighted by atomic mass is 32.2. The molecule has 2 rings (SSSR count). The zero-order chi connectivity index (χ0) is 16.2. The molecule has 1 aromatic carbocycles. The van der Waals surface area contributed by atoms with Gasteiger partial charge in [-0.05, 0) is 43.0 Å². The fourth-order valence-electron chi connectivity index (χ4n) is 1.75. The lowest BCUT2D eigenvalue weighted by atomic mass is 10.2. The van der Waals surface area contributed by atoms with Gasteiger partial charge in [-0.25, -0.2) is 4.21 Å². The number of carbonyl (C=O) groups excluding carboxylic acids is 2. The van der Waals surface area contributed by atoms with Crippen molar-refractivity contribution in [3.8, 4) is 0 Å². The number of ether oxygens (including phenoxy) is 1. The molecule has 1 fully saturated rings. The maximum absolute atomic E-state index is 11.8. The Bertz CT molecular complexity index is 663. The fraction of sp³-hybridized carbons (Fsp3) is 0.467. The third-order valence-corrected chi connectivity index (χ3v) is 3.61.